The van der Waals surface area contributed by atoms with Gasteiger partial charge in [0.15, 0.2) is 0 Å². The molecule has 1 fully saturated rings. The monoisotopic (exact) mass is 284 g/mol. The highest BCUT2D eigenvalue weighted by Crippen LogP contribution is 2.17. The number of nitrogens with zero attached hydrogens (tertiary/aromatic N) is 3. The van der Waals surface area contributed by atoms with Gasteiger partial charge in [-0.25, -0.2) is 0 Å². The average Bonchev–Trinajstić information content (AvgIpc) is 2.44. The lowest BCUT2D eigenvalue weighted by molar-refractivity contribution is -0.138. The van der Waals surface area contributed by atoms with Crippen LogP contribution in [0.15, 0.2) is 0 Å². The summed E-state index contributed by atoms with van der Waals surface area (Å²) in [5.41, 5.74) is 5.21. The molecular formula is C15H32N4O. The molecule has 0 radical (unpaired) electrons. The molecule has 0 saturated carbocycles. The highest BCUT2D eigenvalue weighted by molar-refractivity contribution is 5.81. The van der Waals surface area contributed by atoms with Gasteiger partial charge >= 0.3 is 0 Å². The van der Waals surface area contributed by atoms with Crippen LogP contribution in [0.2, 0.25) is 0 Å². The first-order chi connectivity index (χ1) is 9.27. The molecule has 1 heterocycles. The Morgan fingerprint density at radius 2 is 1.80 bits per heavy atom. The Morgan fingerprint density at radius 1 is 1.25 bits per heavy atom. The first kappa shape index (κ1) is 17.4. The maximum Gasteiger partial charge on any atom is 0.229 e. The molecule has 2 N–H and O–H groups in total. The molecule has 118 valence electrons. The first-order valence-electron chi connectivity index (χ1n) is 7.62. The predicted molar refractivity (Wildman–Crippen MR) is 83.6 cm³/mol. The van der Waals surface area contributed by atoms with Crippen LogP contribution in [0.25, 0.3) is 0 Å². The molecule has 1 saturated heterocycles. The first-order valence-corrected chi connectivity index (χ1v) is 7.62. The lowest BCUT2D eigenvalue weighted by atomic mass is 9.92. The second-order valence-electron chi connectivity index (χ2n) is 6.83. The normalized spacial score (nSPS) is 18.6. The predicted octanol–water partition coefficient (Wildman–Crippen LogP) is 0.456. The fraction of sp³-hybridized carbons (Fsp3) is 0.933. The molecule has 20 heavy (non-hydrogen) atoms. The van der Waals surface area contributed by atoms with Crippen LogP contribution in [0.4, 0.5) is 0 Å². The maximum absolute atomic E-state index is 12.2. The van der Waals surface area contributed by atoms with E-state index in [2.05, 4.69) is 23.9 Å². The van der Waals surface area contributed by atoms with Crippen LogP contribution in [-0.4, -0.2) is 80.5 Å². The summed E-state index contributed by atoms with van der Waals surface area (Å²) in [6.07, 6.45) is 2.44. The lowest BCUT2D eigenvalue weighted by Crippen LogP contribution is -2.47. The molecule has 5 nitrogen and oxygen atoms in total. The third-order valence-electron chi connectivity index (χ3n) is 4.54. The Hall–Kier alpha value is -0.650. The summed E-state index contributed by atoms with van der Waals surface area (Å²) in [4.78, 5) is 18.8. The van der Waals surface area contributed by atoms with Gasteiger partial charge in [0.1, 0.15) is 0 Å². The van der Waals surface area contributed by atoms with Gasteiger partial charge in [0.2, 0.25) is 5.91 Å². The highest BCUT2D eigenvalue weighted by Gasteiger charge is 2.29. The fourth-order valence-corrected chi connectivity index (χ4v) is 2.63. The van der Waals surface area contributed by atoms with Crippen LogP contribution in [0.3, 0.4) is 0 Å². The molecule has 0 aliphatic carbocycles. The van der Waals surface area contributed by atoms with E-state index in [1.165, 1.54) is 25.9 Å². The summed E-state index contributed by atoms with van der Waals surface area (Å²) >= 11 is 0. The second kappa shape index (κ2) is 7.38. The van der Waals surface area contributed by atoms with Crippen molar-refractivity contribution in [1.82, 2.24) is 14.7 Å². The van der Waals surface area contributed by atoms with E-state index < -0.39 is 5.41 Å². The SMILES string of the molecule is CN1CCC(N(C)CCN(C)C(=O)C(C)(C)CN)CC1. The van der Waals surface area contributed by atoms with E-state index >= 15 is 0 Å². The van der Waals surface area contributed by atoms with Crippen LogP contribution < -0.4 is 5.73 Å². The van der Waals surface area contributed by atoms with Crippen LogP contribution in [0, 0.1) is 5.41 Å². The molecule has 5 heteroatoms. The molecule has 0 unspecified atom stereocenters. The number of nitrogens with two attached hydrogens (primary N) is 1. The van der Waals surface area contributed by atoms with E-state index in [1.54, 1.807) is 0 Å². The van der Waals surface area contributed by atoms with Crippen molar-refractivity contribution in [2.24, 2.45) is 11.1 Å². The number of carbonyl (C=O) groups excluding carboxylic acids is 1. The molecule has 1 aliphatic heterocycles. The smallest absolute Gasteiger partial charge is 0.229 e. The average molecular weight is 284 g/mol. The fourth-order valence-electron chi connectivity index (χ4n) is 2.63. The molecule has 0 bridgehead atoms. The number of likely N-dealkylation sites (tertiary alicyclic amines) is 1. The second-order valence-corrected chi connectivity index (χ2v) is 6.83. The Labute approximate surface area is 124 Å². The largest absolute Gasteiger partial charge is 0.344 e. The van der Waals surface area contributed by atoms with E-state index in [9.17, 15) is 4.79 Å². The van der Waals surface area contributed by atoms with Gasteiger partial charge in [-0.1, -0.05) is 0 Å². The van der Waals surface area contributed by atoms with Crippen LogP contribution in [-0.2, 0) is 4.79 Å². The van der Waals surface area contributed by atoms with E-state index in [-0.39, 0.29) is 5.91 Å². The minimum absolute atomic E-state index is 0.136. The van der Waals surface area contributed by atoms with E-state index in [0.717, 1.165) is 13.1 Å². The van der Waals surface area contributed by atoms with Crippen LogP contribution in [0.1, 0.15) is 26.7 Å². The zero-order valence-corrected chi connectivity index (χ0v) is 13.9. The van der Waals surface area contributed by atoms with E-state index in [1.807, 2.05) is 25.8 Å². The topological polar surface area (TPSA) is 52.8 Å². The molecule has 0 atom stereocenters. The lowest BCUT2D eigenvalue weighted by Gasteiger charge is -2.36. The van der Waals surface area contributed by atoms with Crippen molar-refractivity contribution in [3.05, 3.63) is 0 Å². The summed E-state index contributed by atoms with van der Waals surface area (Å²) in [6.45, 7) is 8.25. The molecular weight excluding hydrogens is 252 g/mol. The number of piperidine rings is 1. The molecule has 0 aromatic carbocycles. The van der Waals surface area contributed by atoms with Crippen LogP contribution >= 0.6 is 0 Å². The molecule has 0 aromatic heterocycles. The van der Waals surface area contributed by atoms with Gasteiger partial charge in [-0.3, -0.25) is 4.79 Å². The van der Waals surface area contributed by atoms with Crippen molar-refractivity contribution in [2.45, 2.75) is 32.7 Å². The Kier molecular flexibility index (Phi) is 6.43. The molecule has 0 aromatic rings. The summed E-state index contributed by atoms with van der Waals surface area (Å²) < 4.78 is 0. The maximum atomic E-state index is 12.2. The summed E-state index contributed by atoms with van der Waals surface area (Å²) in [6, 6.07) is 0.650. The summed E-state index contributed by atoms with van der Waals surface area (Å²) in [7, 11) is 6.22. The van der Waals surface area contributed by atoms with Crippen molar-refractivity contribution in [3.8, 4) is 0 Å². The molecule has 1 rings (SSSR count). The minimum atomic E-state index is -0.457. The van der Waals surface area contributed by atoms with Gasteiger partial charge < -0.3 is 20.4 Å². The number of hydrogen-bond acceptors (Lipinski definition) is 4. The summed E-state index contributed by atoms with van der Waals surface area (Å²) in [5, 5.41) is 0. The third kappa shape index (κ3) is 4.72. The highest BCUT2D eigenvalue weighted by atomic mass is 16.2. The third-order valence-corrected chi connectivity index (χ3v) is 4.54. The Bertz CT molecular complexity index is 311. The van der Waals surface area contributed by atoms with E-state index in [4.69, 9.17) is 5.73 Å². The molecule has 1 amide bonds. The zero-order chi connectivity index (χ0) is 15.3. The number of hydrogen-bond donors (Lipinski definition) is 1. The van der Waals surface area contributed by atoms with Crippen molar-refractivity contribution in [1.29, 1.82) is 0 Å². The minimum Gasteiger partial charge on any atom is -0.344 e. The van der Waals surface area contributed by atoms with Gasteiger partial charge in [0.25, 0.3) is 0 Å². The molecule has 1 aliphatic rings. The Morgan fingerprint density at radius 3 is 2.30 bits per heavy atom. The van der Waals surface area contributed by atoms with Gasteiger partial charge in [-0.2, -0.15) is 0 Å². The van der Waals surface area contributed by atoms with E-state index in [0.29, 0.717) is 12.6 Å². The zero-order valence-electron chi connectivity index (χ0n) is 13.9. The number of amides is 1. The Balaban J connectivity index is 2.37. The van der Waals surface area contributed by atoms with Crippen molar-refractivity contribution in [3.63, 3.8) is 0 Å². The van der Waals surface area contributed by atoms with Crippen molar-refractivity contribution < 1.29 is 4.79 Å². The summed E-state index contributed by atoms with van der Waals surface area (Å²) in [5.74, 6) is 0.136. The van der Waals surface area contributed by atoms with Crippen molar-refractivity contribution >= 4 is 5.91 Å². The van der Waals surface area contributed by atoms with Gasteiger partial charge in [-0.15, -0.1) is 0 Å². The number of carbonyl (C=O) groups is 1. The molecule has 0 spiro atoms. The standard InChI is InChI=1S/C15H32N4O/c1-15(2,12-16)14(20)19(5)11-10-18(4)13-6-8-17(3)9-7-13/h13H,6-12,16H2,1-5H3. The van der Waals surface area contributed by atoms with Gasteiger partial charge in [0.05, 0.1) is 5.41 Å². The van der Waals surface area contributed by atoms with Gasteiger partial charge in [-0.05, 0) is 53.9 Å². The number of rotatable bonds is 6. The number of likely N-dealkylation sites (N-methyl/N-ethyl adjacent to an activating group) is 2. The van der Waals surface area contributed by atoms with Gasteiger partial charge in [0, 0.05) is 32.7 Å². The van der Waals surface area contributed by atoms with Crippen molar-refractivity contribution in [2.75, 3.05) is 53.9 Å². The van der Waals surface area contributed by atoms with Crippen LogP contribution in [0.5, 0.6) is 0 Å². The quantitative estimate of drug-likeness (QED) is 0.770.